The van der Waals surface area contributed by atoms with Crippen LogP contribution in [0.4, 0.5) is 0 Å². The van der Waals surface area contributed by atoms with E-state index in [1.54, 1.807) is 51.1 Å². The Kier molecular flexibility index (Phi) is 6.94. The molecule has 1 aromatic heterocycles. The largest absolute Gasteiger partial charge is 0.493 e. The Morgan fingerprint density at radius 3 is 2.33 bits per heavy atom. The minimum Gasteiger partial charge on any atom is -0.493 e. The molecule has 9 heteroatoms. The molecular weight excluding hydrogens is 462 g/mol. The number of aromatic nitrogens is 1. The number of methoxy groups -OCH3 is 1. The molecule has 0 fully saturated rings. The van der Waals surface area contributed by atoms with Gasteiger partial charge in [-0.15, -0.1) is 11.3 Å². The molecule has 0 amide bonds. The normalized spacial score (nSPS) is 13.2. The van der Waals surface area contributed by atoms with Gasteiger partial charge in [0.2, 0.25) is 0 Å². The lowest BCUT2D eigenvalue weighted by atomic mass is 9.91. The zero-order valence-electron chi connectivity index (χ0n) is 19.0. The third kappa shape index (κ3) is 6.00. The zero-order valence-corrected chi connectivity index (χ0v) is 20.6. The number of hydrogen-bond donors (Lipinski definition) is 1. The van der Waals surface area contributed by atoms with Crippen LogP contribution in [0.25, 0.3) is 12.2 Å². The topological polar surface area (TPSA) is 103 Å². The smallest absolute Gasteiger partial charge is 0.339 e. The van der Waals surface area contributed by atoms with Gasteiger partial charge in [-0.05, 0) is 42.8 Å². The standard InChI is InChI=1S/C24H25NO6S2/c1-15-6-9-17(10-7-15)33(28,29)31-18-11-8-16(12-19(18)30-5)13-20-23(27)25-22(32-20)14-21(26)24(2,3)4/h6-14H,1-5H3,(H,25,27)/b20-13-,22-14-. The van der Waals surface area contributed by atoms with Gasteiger partial charge in [-0.3, -0.25) is 9.59 Å². The van der Waals surface area contributed by atoms with Crippen LogP contribution in [0.2, 0.25) is 0 Å². The van der Waals surface area contributed by atoms with Gasteiger partial charge >= 0.3 is 10.1 Å². The summed E-state index contributed by atoms with van der Waals surface area (Å²) in [5.41, 5.74) is 0.660. The summed E-state index contributed by atoms with van der Waals surface area (Å²) in [5.74, 6) is 0.131. The van der Waals surface area contributed by atoms with Gasteiger partial charge in [0.25, 0.3) is 5.56 Å². The summed E-state index contributed by atoms with van der Waals surface area (Å²) in [6.07, 6.45) is 3.06. The van der Waals surface area contributed by atoms with E-state index < -0.39 is 15.5 Å². The lowest BCUT2D eigenvalue weighted by Gasteiger charge is -2.12. The van der Waals surface area contributed by atoms with Gasteiger partial charge in [-0.2, -0.15) is 8.42 Å². The van der Waals surface area contributed by atoms with Gasteiger partial charge in [0.05, 0.1) is 16.3 Å². The molecule has 3 aromatic rings. The van der Waals surface area contributed by atoms with E-state index in [2.05, 4.69) is 4.98 Å². The number of carbonyl (C=O) groups is 1. The molecule has 7 nitrogen and oxygen atoms in total. The summed E-state index contributed by atoms with van der Waals surface area (Å²) in [7, 11) is -2.64. The van der Waals surface area contributed by atoms with E-state index in [0.717, 1.165) is 16.9 Å². The summed E-state index contributed by atoms with van der Waals surface area (Å²) in [6.45, 7) is 7.27. The molecule has 0 saturated heterocycles. The third-order valence-corrected chi connectivity index (χ3v) is 6.89. The Morgan fingerprint density at radius 1 is 1.06 bits per heavy atom. The summed E-state index contributed by atoms with van der Waals surface area (Å²) in [6, 6.07) is 11.0. The molecule has 3 rings (SSSR count). The predicted molar refractivity (Wildman–Crippen MR) is 129 cm³/mol. The second-order valence-corrected chi connectivity index (χ2v) is 11.1. The fourth-order valence-electron chi connectivity index (χ4n) is 2.73. The van der Waals surface area contributed by atoms with Crippen LogP contribution in [-0.4, -0.2) is 26.3 Å². The SMILES string of the molecule is COc1cc(/C=c2\s/c(=C\C(=O)C(C)(C)C)[nH]c2=O)ccc1OS(=O)(=O)c1ccc(C)cc1. The molecule has 0 spiro atoms. The molecule has 174 valence electrons. The van der Waals surface area contributed by atoms with Crippen molar-refractivity contribution in [3.8, 4) is 11.5 Å². The van der Waals surface area contributed by atoms with Crippen molar-refractivity contribution >= 4 is 39.4 Å². The molecule has 33 heavy (non-hydrogen) atoms. The number of carbonyl (C=O) groups excluding carboxylic acids is 1. The van der Waals surface area contributed by atoms with E-state index in [1.807, 2.05) is 6.92 Å². The molecule has 0 atom stereocenters. The Hall–Kier alpha value is -3.17. The van der Waals surface area contributed by atoms with Crippen molar-refractivity contribution in [2.24, 2.45) is 5.41 Å². The highest BCUT2D eigenvalue weighted by Crippen LogP contribution is 2.31. The van der Waals surface area contributed by atoms with Crippen LogP contribution in [0.15, 0.2) is 52.2 Å². The maximum absolute atomic E-state index is 12.6. The first-order valence-electron chi connectivity index (χ1n) is 10.1. The predicted octanol–water partition coefficient (Wildman–Crippen LogP) is 2.75. The summed E-state index contributed by atoms with van der Waals surface area (Å²) in [5, 5.41) is 0. The molecule has 0 saturated carbocycles. The molecule has 0 unspecified atom stereocenters. The fraction of sp³-hybridized carbons (Fsp3) is 0.250. The van der Waals surface area contributed by atoms with Crippen LogP contribution in [-0.2, 0) is 14.9 Å². The van der Waals surface area contributed by atoms with Crippen molar-refractivity contribution in [3.05, 3.63) is 73.1 Å². The van der Waals surface area contributed by atoms with Gasteiger partial charge < -0.3 is 13.9 Å². The quantitative estimate of drug-likeness (QED) is 0.537. The number of ketones is 1. The molecule has 0 radical (unpaired) electrons. The van der Waals surface area contributed by atoms with E-state index in [4.69, 9.17) is 8.92 Å². The minimum atomic E-state index is -4.04. The third-order valence-electron chi connectivity index (χ3n) is 4.68. The molecule has 0 aliphatic heterocycles. The van der Waals surface area contributed by atoms with Crippen molar-refractivity contribution in [3.63, 3.8) is 0 Å². The van der Waals surface area contributed by atoms with E-state index >= 15 is 0 Å². The zero-order chi connectivity index (χ0) is 24.4. The van der Waals surface area contributed by atoms with Crippen LogP contribution in [0.3, 0.4) is 0 Å². The van der Waals surface area contributed by atoms with E-state index in [9.17, 15) is 18.0 Å². The van der Waals surface area contributed by atoms with Gasteiger partial charge in [0.1, 0.15) is 4.90 Å². The number of H-pyrrole nitrogens is 1. The maximum atomic E-state index is 12.6. The van der Waals surface area contributed by atoms with Gasteiger partial charge in [-0.1, -0.05) is 44.5 Å². The van der Waals surface area contributed by atoms with Crippen molar-refractivity contribution in [1.29, 1.82) is 0 Å². The first-order chi connectivity index (χ1) is 15.4. The Labute approximate surface area is 196 Å². The number of ether oxygens (including phenoxy) is 1. The van der Waals surface area contributed by atoms with E-state index in [0.29, 0.717) is 14.8 Å². The van der Waals surface area contributed by atoms with Crippen LogP contribution < -0.4 is 23.7 Å². The first kappa shape index (κ1) is 24.5. The highest BCUT2D eigenvalue weighted by molar-refractivity contribution is 7.87. The average molecular weight is 488 g/mol. The van der Waals surface area contributed by atoms with Crippen LogP contribution in [0.1, 0.15) is 31.9 Å². The molecule has 1 N–H and O–H groups in total. The molecule has 0 bridgehead atoms. The second-order valence-electron chi connectivity index (χ2n) is 8.45. The lowest BCUT2D eigenvalue weighted by Crippen LogP contribution is -2.22. The number of hydrogen-bond acceptors (Lipinski definition) is 7. The van der Waals surface area contributed by atoms with Crippen LogP contribution in [0.5, 0.6) is 11.5 Å². The fourth-order valence-corrected chi connectivity index (χ4v) is 4.55. The first-order valence-corrected chi connectivity index (χ1v) is 12.3. The lowest BCUT2D eigenvalue weighted by molar-refractivity contribution is -0.119. The van der Waals surface area contributed by atoms with Gasteiger partial charge in [0, 0.05) is 11.5 Å². The number of rotatable bonds is 6. The Morgan fingerprint density at radius 2 is 1.73 bits per heavy atom. The summed E-state index contributed by atoms with van der Waals surface area (Å²) >= 11 is 1.16. The van der Waals surface area contributed by atoms with Crippen LogP contribution in [0, 0.1) is 12.3 Å². The van der Waals surface area contributed by atoms with E-state index in [-0.39, 0.29) is 27.7 Å². The van der Waals surface area contributed by atoms with Crippen molar-refractivity contribution in [2.45, 2.75) is 32.6 Å². The minimum absolute atomic E-state index is 0.0279. The van der Waals surface area contributed by atoms with Gasteiger partial charge in [-0.25, -0.2) is 0 Å². The Balaban J connectivity index is 1.94. The molecule has 0 aliphatic carbocycles. The molecule has 2 aromatic carbocycles. The van der Waals surface area contributed by atoms with Crippen molar-refractivity contribution in [1.82, 2.24) is 4.98 Å². The number of thiazole rings is 1. The van der Waals surface area contributed by atoms with Crippen molar-refractivity contribution in [2.75, 3.05) is 7.11 Å². The van der Waals surface area contributed by atoms with E-state index in [1.165, 1.54) is 31.4 Å². The number of benzene rings is 2. The number of nitrogens with one attached hydrogen (secondary N) is 1. The van der Waals surface area contributed by atoms with Crippen molar-refractivity contribution < 1.29 is 22.1 Å². The number of Topliss-reactive ketones (excluding diaryl/α,β-unsaturated/α-hetero) is 1. The number of aryl methyl sites for hydroxylation is 1. The summed E-state index contributed by atoms with van der Waals surface area (Å²) < 4.78 is 36.7. The Bertz CT molecular complexity index is 1460. The summed E-state index contributed by atoms with van der Waals surface area (Å²) in [4.78, 5) is 27.2. The highest BCUT2D eigenvalue weighted by atomic mass is 32.2. The second kappa shape index (κ2) is 9.36. The van der Waals surface area contributed by atoms with Crippen LogP contribution >= 0.6 is 11.3 Å². The highest BCUT2D eigenvalue weighted by Gasteiger charge is 2.20. The van der Waals surface area contributed by atoms with Gasteiger partial charge in [0.15, 0.2) is 17.3 Å². The number of aromatic amines is 1. The molecular formula is C24H25NO6S2. The molecule has 1 heterocycles. The maximum Gasteiger partial charge on any atom is 0.339 e. The average Bonchev–Trinajstić information content (AvgIpc) is 3.07. The monoisotopic (exact) mass is 487 g/mol. The molecule has 0 aliphatic rings.